The molecule has 0 spiro atoms. The van der Waals surface area contributed by atoms with Gasteiger partial charge in [0.25, 0.3) is 5.91 Å². The van der Waals surface area contributed by atoms with Crippen LogP contribution in [0.2, 0.25) is 0 Å². The minimum atomic E-state index is -0.422. The predicted molar refractivity (Wildman–Crippen MR) is 100 cm³/mol. The van der Waals surface area contributed by atoms with Gasteiger partial charge in [0.05, 0.1) is 6.10 Å². The number of amides is 1. The first kappa shape index (κ1) is 18.3. The number of nitriles is 1. The zero-order chi connectivity index (χ0) is 18.2. The first-order chi connectivity index (χ1) is 12.0. The third-order valence-electron chi connectivity index (χ3n) is 3.55. The maximum Gasteiger partial charge on any atom is 0.266 e. The molecule has 0 saturated carbocycles. The average Bonchev–Trinajstić information content (AvgIpc) is 2.61. The Labute approximate surface area is 148 Å². The Balaban J connectivity index is 2.10. The van der Waals surface area contributed by atoms with Crippen LogP contribution in [0.25, 0.3) is 6.08 Å². The lowest BCUT2D eigenvalue weighted by Gasteiger charge is -2.09. The van der Waals surface area contributed by atoms with Crippen LogP contribution in [-0.2, 0) is 11.2 Å². The second kappa shape index (κ2) is 8.70. The van der Waals surface area contributed by atoms with Gasteiger partial charge in [0, 0.05) is 5.69 Å². The molecule has 0 heterocycles. The van der Waals surface area contributed by atoms with E-state index in [0.717, 1.165) is 17.7 Å². The van der Waals surface area contributed by atoms with Crippen molar-refractivity contribution in [3.63, 3.8) is 0 Å². The fourth-order valence-corrected chi connectivity index (χ4v) is 2.25. The quantitative estimate of drug-likeness (QED) is 0.621. The van der Waals surface area contributed by atoms with Gasteiger partial charge in [0.1, 0.15) is 17.4 Å². The van der Waals surface area contributed by atoms with Gasteiger partial charge in [0.2, 0.25) is 0 Å². The molecule has 2 aromatic rings. The SMILES string of the molecule is CCc1ccc(NC(=O)/C(C#N)=C/c2ccc(OC(C)C)cc2)cc1. The van der Waals surface area contributed by atoms with Crippen molar-refractivity contribution in [2.24, 2.45) is 0 Å². The van der Waals surface area contributed by atoms with Gasteiger partial charge in [-0.15, -0.1) is 0 Å². The van der Waals surface area contributed by atoms with Crippen LogP contribution in [0.4, 0.5) is 5.69 Å². The van der Waals surface area contributed by atoms with Crippen LogP contribution in [0.15, 0.2) is 54.1 Å². The summed E-state index contributed by atoms with van der Waals surface area (Å²) in [5, 5.41) is 12.0. The lowest BCUT2D eigenvalue weighted by atomic mass is 10.1. The molecule has 0 unspecified atom stereocenters. The third kappa shape index (κ3) is 5.50. The molecule has 4 nitrogen and oxygen atoms in total. The fraction of sp³-hybridized carbons (Fsp3) is 0.238. The van der Waals surface area contributed by atoms with Gasteiger partial charge in [-0.05, 0) is 61.7 Å². The van der Waals surface area contributed by atoms with Crippen molar-refractivity contribution < 1.29 is 9.53 Å². The molecule has 1 N–H and O–H groups in total. The summed E-state index contributed by atoms with van der Waals surface area (Å²) in [4.78, 5) is 12.3. The van der Waals surface area contributed by atoms with Gasteiger partial charge >= 0.3 is 0 Å². The molecular weight excluding hydrogens is 312 g/mol. The number of benzene rings is 2. The van der Waals surface area contributed by atoms with Crippen LogP contribution in [0.1, 0.15) is 31.9 Å². The topological polar surface area (TPSA) is 62.1 Å². The molecule has 0 aliphatic carbocycles. The number of nitrogens with one attached hydrogen (secondary N) is 1. The Morgan fingerprint density at radius 2 is 1.80 bits per heavy atom. The molecule has 0 aromatic heterocycles. The van der Waals surface area contributed by atoms with Gasteiger partial charge in [-0.3, -0.25) is 4.79 Å². The maximum absolute atomic E-state index is 12.3. The monoisotopic (exact) mass is 334 g/mol. The van der Waals surface area contributed by atoms with E-state index in [-0.39, 0.29) is 11.7 Å². The number of carbonyl (C=O) groups is 1. The minimum absolute atomic E-state index is 0.0529. The van der Waals surface area contributed by atoms with E-state index in [2.05, 4.69) is 12.2 Å². The molecule has 0 bridgehead atoms. The maximum atomic E-state index is 12.3. The summed E-state index contributed by atoms with van der Waals surface area (Å²) in [7, 11) is 0. The number of hydrogen-bond acceptors (Lipinski definition) is 3. The number of nitrogens with zero attached hydrogens (tertiary/aromatic N) is 1. The molecule has 1 amide bonds. The van der Waals surface area contributed by atoms with E-state index in [9.17, 15) is 10.1 Å². The summed E-state index contributed by atoms with van der Waals surface area (Å²) < 4.78 is 5.58. The Bertz CT molecular complexity index is 782. The van der Waals surface area contributed by atoms with Crippen molar-refractivity contribution in [1.82, 2.24) is 0 Å². The molecule has 0 radical (unpaired) electrons. The molecule has 4 heteroatoms. The van der Waals surface area contributed by atoms with E-state index < -0.39 is 5.91 Å². The molecule has 0 fully saturated rings. The van der Waals surface area contributed by atoms with E-state index in [1.165, 1.54) is 5.56 Å². The summed E-state index contributed by atoms with van der Waals surface area (Å²) >= 11 is 0. The third-order valence-corrected chi connectivity index (χ3v) is 3.55. The van der Waals surface area contributed by atoms with E-state index in [4.69, 9.17) is 4.74 Å². The van der Waals surface area contributed by atoms with Crippen molar-refractivity contribution in [3.05, 3.63) is 65.2 Å². The van der Waals surface area contributed by atoms with E-state index in [1.807, 2.05) is 68.4 Å². The minimum Gasteiger partial charge on any atom is -0.491 e. The first-order valence-electron chi connectivity index (χ1n) is 8.30. The van der Waals surface area contributed by atoms with Gasteiger partial charge in [0.15, 0.2) is 0 Å². The zero-order valence-corrected chi connectivity index (χ0v) is 14.7. The van der Waals surface area contributed by atoms with Crippen molar-refractivity contribution in [1.29, 1.82) is 5.26 Å². The van der Waals surface area contributed by atoms with Crippen LogP contribution in [0.5, 0.6) is 5.75 Å². The van der Waals surface area contributed by atoms with Gasteiger partial charge in [-0.25, -0.2) is 0 Å². The molecule has 0 atom stereocenters. The van der Waals surface area contributed by atoms with Crippen molar-refractivity contribution in [2.75, 3.05) is 5.32 Å². The zero-order valence-electron chi connectivity index (χ0n) is 14.7. The fourth-order valence-electron chi connectivity index (χ4n) is 2.25. The van der Waals surface area contributed by atoms with E-state index in [1.54, 1.807) is 6.08 Å². The number of hydrogen-bond donors (Lipinski definition) is 1. The summed E-state index contributed by atoms with van der Waals surface area (Å²) in [6.45, 7) is 5.99. The highest BCUT2D eigenvalue weighted by molar-refractivity contribution is 6.09. The van der Waals surface area contributed by atoms with Crippen molar-refractivity contribution in [3.8, 4) is 11.8 Å². The Hall–Kier alpha value is -3.06. The second-order valence-electron chi connectivity index (χ2n) is 5.91. The highest BCUT2D eigenvalue weighted by Gasteiger charge is 2.09. The Kier molecular flexibility index (Phi) is 6.36. The van der Waals surface area contributed by atoms with Gasteiger partial charge < -0.3 is 10.1 Å². The number of carbonyl (C=O) groups excluding carboxylic acids is 1. The predicted octanol–water partition coefficient (Wildman–Crippen LogP) is 4.58. The highest BCUT2D eigenvalue weighted by Crippen LogP contribution is 2.17. The highest BCUT2D eigenvalue weighted by atomic mass is 16.5. The van der Waals surface area contributed by atoms with E-state index >= 15 is 0 Å². The normalized spacial score (nSPS) is 11.1. The van der Waals surface area contributed by atoms with Crippen LogP contribution < -0.4 is 10.1 Å². The molecular formula is C21H22N2O2. The number of ether oxygens (including phenoxy) is 1. The molecule has 0 aliphatic heterocycles. The number of rotatable bonds is 6. The molecule has 25 heavy (non-hydrogen) atoms. The van der Waals surface area contributed by atoms with Gasteiger partial charge in [-0.2, -0.15) is 5.26 Å². The second-order valence-corrected chi connectivity index (χ2v) is 5.91. The van der Waals surface area contributed by atoms with Crippen LogP contribution in [0.3, 0.4) is 0 Å². The molecule has 128 valence electrons. The lowest BCUT2D eigenvalue weighted by Crippen LogP contribution is -2.13. The average molecular weight is 334 g/mol. The molecule has 0 saturated heterocycles. The molecule has 0 aliphatic rings. The summed E-state index contributed by atoms with van der Waals surface area (Å²) in [5.74, 6) is 0.334. The standard InChI is InChI=1S/C21H22N2O2/c1-4-16-5-9-19(10-6-16)23-21(24)18(14-22)13-17-7-11-20(12-8-17)25-15(2)3/h5-13,15H,4H2,1-3H3,(H,23,24)/b18-13+. The largest absolute Gasteiger partial charge is 0.491 e. The number of aryl methyl sites for hydroxylation is 1. The van der Waals surface area contributed by atoms with Gasteiger partial charge in [-0.1, -0.05) is 31.2 Å². The number of anilines is 1. The Morgan fingerprint density at radius 1 is 1.16 bits per heavy atom. The summed E-state index contributed by atoms with van der Waals surface area (Å²) in [5.41, 5.74) is 2.68. The van der Waals surface area contributed by atoms with Crippen LogP contribution >= 0.6 is 0 Å². The van der Waals surface area contributed by atoms with Crippen LogP contribution in [0, 0.1) is 11.3 Å². The smallest absolute Gasteiger partial charge is 0.266 e. The van der Waals surface area contributed by atoms with Crippen molar-refractivity contribution in [2.45, 2.75) is 33.3 Å². The molecule has 2 rings (SSSR count). The summed E-state index contributed by atoms with van der Waals surface area (Å²) in [6.07, 6.45) is 2.60. The van der Waals surface area contributed by atoms with E-state index in [0.29, 0.717) is 5.69 Å². The first-order valence-corrected chi connectivity index (χ1v) is 8.30. The van der Waals surface area contributed by atoms with Crippen molar-refractivity contribution >= 4 is 17.7 Å². The summed E-state index contributed by atoms with van der Waals surface area (Å²) in [6, 6.07) is 16.8. The lowest BCUT2D eigenvalue weighted by molar-refractivity contribution is -0.112. The molecule has 2 aromatic carbocycles. The Morgan fingerprint density at radius 3 is 2.32 bits per heavy atom. The van der Waals surface area contributed by atoms with Crippen LogP contribution in [-0.4, -0.2) is 12.0 Å².